The van der Waals surface area contributed by atoms with Gasteiger partial charge in [0.2, 0.25) is 0 Å². The topological polar surface area (TPSA) is 33.7 Å². The third kappa shape index (κ3) is 8.71. The molecule has 4 nitrogen and oxygen atoms in total. The van der Waals surface area contributed by atoms with E-state index in [1.807, 2.05) is 19.1 Å². The largest absolute Gasteiger partial charge is 0.492 e. The van der Waals surface area contributed by atoms with Crippen molar-refractivity contribution in [2.45, 2.75) is 33.4 Å². The summed E-state index contributed by atoms with van der Waals surface area (Å²) in [6.07, 6.45) is 0. The lowest BCUT2D eigenvalue weighted by atomic mass is 10.2. The lowest BCUT2D eigenvalue weighted by Crippen LogP contribution is -2.27. The van der Waals surface area contributed by atoms with Crippen LogP contribution in [0.15, 0.2) is 24.3 Å². The standard InChI is InChI=1S/C17H30N2O2/c1-5-20-11-9-19(4)10-12-21-17-8-6-7-16(13-17)14-18-15(2)3/h6-8,13,15,18H,5,9-12,14H2,1-4H3. The molecule has 0 aliphatic heterocycles. The molecular formula is C17H30N2O2. The van der Waals surface area contributed by atoms with Gasteiger partial charge < -0.3 is 19.7 Å². The zero-order valence-electron chi connectivity index (χ0n) is 13.9. The van der Waals surface area contributed by atoms with Crippen molar-refractivity contribution in [1.29, 1.82) is 0 Å². The molecule has 0 heterocycles. The minimum atomic E-state index is 0.494. The molecule has 0 saturated heterocycles. The fraction of sp³-hybridized carbons (Fsp3) is 0.647. The van der Waals surface area contributed by atoms with Gasteiger partial charge in [0.05, 0.1) is 6.61 Å². The van der Waals surface area contributed by atoms with Gasteiger partial charge >= 0.3 is 0 Å². The van der Waals surface area contributed by atoms with Gasteiger partial charge in [-0.15, -0.1) is 0 Å². The summed E-state index contributed by atoms with van der Waals surface area (Å²) in [6, 6.07) is 8.78. The summed E-state index contributed by atoms with van der Waals surface area (Å²) in [5.74, 6) is 0.941. The first-order valence-corrected chi connectivity index (χ1v) is 7.83. The molecule has 0 aromatic heterocycles. The SMILES string of the molecule is CCOCCN(C)CCOc1cccc(CNC(C)C)c1. The molecule has 1 N–H and O–H groups in total. The van der Waals surface area contributed by atoms with Crippen molar-refractivity contribution in [1.82, 2.24) is 10.2 Å². The van der Waals surface area contributed by atoms with E-state index in [4.69, 9.17) is 9.47 Å². The van der Waals surface area contributed by atoms with Crippen LogP contribution >= 0.6 is 0 Å². The summed E-state index contributed by atoms with van der Waals surface area (Å²) >= 11 is 0. The molecule has 4 heteroatoms. The fourth-order valence-corrected chi connectivity index (χ4v) is 1.86. The van der Waals surface area contributed by atoms with Crippen LogP contribution in [0.3, 0.4) is 0 Å². The van der Waals surface area contributed by atoms with Crippen LogP contribution < -0.4 is 10.1 Å². The van der Waals surface area contributed by atoms with E-state index in [2.05, 4.69) is 43.2 Å². The molecule has 0 amide bonds. The Balaban J connectivity index is 2.26. The van der Waals surface area contributed by atoms with E-state index in [1.165, 1.54) is 5.56 Å². The molecule has 0 aliphatic carbocycles. The van der Waals surface area contributed by atoms with Crippen molar-refractivity contribution in [3.8, 4) is 5.75 Å². The van der Waals surface area contributed by atoms with Gasteiger partial charge in [0, 0.05) is 32.3 Å². The Morgan fingerprint density at radius 3 is 2.67 bits per heavy atom. The van der Waals surface area contributed by atoms with Gasteiger partial charge in [-0.25, -0.2) is 0 Å². The zero-order chi connectivity index (χ0) is 15.5. The Kier molecular flexibility index (Phi) is 9.06. The third-order valence-electron chi connectivity index (χ3n) is 3.18. The highest BCUT2D eigenvalue weighted by atomic mass is 16.5. The molecule has 0 radical (unpaired) electrons. The molecule has 21 heavy (non-hydrogen) atoms. The summed E-state index contributed by atoms with van der Waals surface area (Å²) in [5.41, 5.74) is 1.26. The second kappa shape index (κ2) is 10.6. The molecular weight excluding hydrogens is 264 g/mol. The smallest absolute Gasteiger partial charge is 0.119 e. The molecule has 1 aromatic rings. The fourth-order valence-electron chi connectivity index (χ4n) is 1.86. The molecule has 0 bridgehead atoms. The quantitative estimate of drug-likeness (QED) is 0.636. The Morgan fingerprint density at radius 2 is 1.95 bits per heavy atom. The van der Waals surface area contributed by atoms with Gasteiger partial charge in [0.1, 0.15) is 12.4 Å². The van der Waals surface area contributed by atoms with Crippen LogP contribution in [-0.4, -0.2) is 50.9 Å². The minimum absolute atomic E-state index is 0.494. The first-order chi connectivity index (χ1) is 10.1. The Labute approximate surface area is 129 Å². The van der Waals surface area contributed by atoms with E-state index in [0.717, 1.165) is 38.6 Å². The second-order valence-electron chi connectivity index (χ2n) is 5.53. The van der Waals surface area contributed by atoms with E-state index in [1.54, 1.807) is 0 Å². The van der Waals surface area contributed by atoms with Gasteiger partial charge in [-0.3, -0.25) is 0 Å². The average molecular weight is 294 g/mol. The van der Waals surface area contributed by atoms with Gasteiger partial charge in [-0.05, 0) is 31.7 Å². The molecule has 0 saturated carbocycles. The Bertz CT molecular complexity index is 383. The van der Waals surface area contributed by atoms with Crippen LogP contribution in [0.4, 0.5) is 0 Å². The lowest BCUT2D eigenvalue weighted by Gasteiger charge is -2.17. The number of rotatable bonds is 11. The summed E-state index contributed by atoms with van der Waals surface area (Å²) < 4.78 is 11.2. The van der Waals surface area contributed by atoms with E-state index < -0.39 is 0 Å². The van der Waals surface area contributed by atoms with Gasteiger partial charge in [0.25, 0.3) is 0 Å². The molecule has 0 atom stereocenters. The highest BCUT2D eigenvalue weighted by Crippen LogP contribution is 2.13. The van der Waals surface area contributed by atoms with Gasteiger partial charge in [-0.2, -0.15) is 0 Å². The van der Waals surface area contributed by atoms with E-state index >= 15 is 0 Å². The third-order valence-corrected chi connectivity index (χ3v) is 3.18. The maximum atomic E-state index is 5.82. The van der Waals surface area contributed by atoms with Crippen LogP contribution in [-0.2, 0) is 11.3 Å². The van der Waals surface area contributed by atoms with Crippen molar-refractivity contribution in [2.75, 3.05) is 40.0 Å². The van der Waals surface area contributed by atoms with Crippen LogP contribution in [0.25, 0.3) is 0 Å². The highest BCUT2D eigenvalue weighted by Gasteiger charge is 2.01. The van der Waals surface area contributed by atoms with Crippen LogP contribution in [0, 0.1) is 0 Å². The van der Waals surface area contributed by atoms with Crippen molar-refractivity contribution in [3.05, 3.63) is 29.8 Å². The first kappa shape index (κ1) is 18.0. The molecule has 1 rings (SSSR count). The number of hydrogen-bond acceptors (Lipinski definition) is 4. The predicted octanol–water partition coefficient (Wildman–Crippen LogP) is 2.53. The number of nitrogens with zero attached hydrogens (tertiary/aromatic N) is 1. The van der Waals surface area contributed by atoms with Gasteiger partial charge in [-0.1, -0.05) is 26.0 Å². The van der Waals surface area contributed by atoms with Crippen LogP contribution in [0.2, 0.25) is 0 Å². The van der Waals surface area contributed by atoms with Gasteiger partial charge in [0.15, 0.2) is 0 Å². The van der Waals surface area contributed by atoms with Crippen LogP contribution in [0.1, 0.15) is 26.3 Å². The number of likely N-dealkylation sites (N-methyl/N-ethyl adjacent to an activating group) is 1. The van der Waals surface area contributed by atoms with Crippen molar-refractivity contribution in [2.24, 2.45) is 0 Å². The van der Waals surface area contributed by atoms with E-state index in [0.29, 0.717) is 12.6 Å². The molecule has 120 valence electrons. The molecule has 0 spiro atoms. The normalized spacial score (nSPS) is 11.3. The summed E-state index contributed by atoms with van der Waals surface area (Å²) in [5, 5.41) is 3.41. The maximum absolute atomic E-state index is 5.82. The van der Waals surface area contributed by atoms with E-state index in [-0.39, 0.29) is 0 Å². The second-order valence-corrected chi connectivity index (χ2v) is 5.53. The minimum Gasteiger partial charge on any atom is -0.492 e. The number of benzene rings is 1. The number of hydrogen-bond donors (Lipinski definition) is 1. The molecule has 0 fully saturated rings. The Morgan fingerprint density at radius 1 is 1.19 bits per heavy atom. The highest BCUT2D eigenvalue weighted by molar-refractivity contribution is 5.28. The molecule has 1 aromatic carbocycles. The van der Waals surface area contributed by atoms with Crippen molar-refractivity contribution in [3.63, 3.8) is 0 Å². The number of ether oxygens (including phenoxy) is 2. The molecule has 0 unspecified atom stereocenters. The first-order valence-electron chi connectivity index (χ1n) is 7.83. The zero-order valence-corrected chi connectivity index (χ0v) is 13.9. The van der Waals surface area contributed by atoms with E-state index in [9.17, 15) is 0 Å². The summed E-state index contributed by atoms with van der Waals surface area (Å²) in [7, 11) is 2.09. The average Bonchev–Trinajstić information content (AvgIpc) is 2.46. The maximum Gasteiger partial charge on any atom is 0.119 e. The van der Waals surface area contributed by atoms with Crippen molar-refractivity contribution >= 4 is 0 Å². The summed E-state index contributed by atoms with van der Waals surface area (Å²) in [4.78, 5) is 2.22. The summed E-state index contributed by atoms with van der Waals surface area (Å²) in [6.45, 7) is 11.3. The molecule has 0 aliphatic rings. The lowest BCUT2D eigenvalue weighted by molar-refractivity contribution is 0.116. The van der Waals surface area contributed by atoms with Crippen LogP contribution in [0.5, 0.6) is 5.75 Å². The van der Waals surface area contributed by atoms with Crippen molar-refractivity contribution < 1.29 is 9.47 Å². The monoisotopic (exact) mass is 294 g/mol. The predicted molar refractivity (Wildman–Crippen MR) is 87.9 cm³/mol. The number of nitrogens with one attached hydrogen (secondary N) is 1. The Hall–Kier alpha value is -1.10.